The molecule has 7 rings (SSSR count). The average Bonchev–Trinajstić information content (AvgIpc) is 3.42. The van der Waals surface area contributed by atoms with Gasteiger partial charge in [-0.05, 0) is 106 Å². The largest absolute Gasteiger partial charge is 0.455 e. The van der Waals surface area contributed by atoms with Gasteiger partial charge in [0.1, 0.15) is 11.2 Å². The van der Waals surface area contributed by atoms with E-state index in [-0.39, 0.29) is 12.4 Å². The van der Waals surface area contributed by atoms with Gasteiger partial charge in [-0.1, -0.05) is 67.8 Å². The van der Waals surface area contributed by atoms with Gasteiger partial charge in [0.05, 0.1) is 11.4 Å². The SMILES string of the molecule is Cc1cc(C)c(B2N(C)c3ccc4cc5c(cc4c3N2C)oc2c(-c3cc(CC(C)(C)C)c(C)cn3)cccc25)c(C)c1. The fraction of sp³-hybridized carbons (Fsp3) is 0.289. The Morgan fingerprint density at radius 2 is 1.53 bits per heavy atom. The number of benzene rings is 4. The van der Waals surface area contributed by atoms with Crippen LogP contribution < -0.4 is 15.1 Å². The molecule has 0 atom stereocenters. The zero-order valence-electron chi connectivity index (χ0n) is 26.9. The van der Waals surface area contributed by atoms with Gasteiger partial charge in [0, 0.05) is 33.6 Å². The molecule has 0 N–H and O–H groups in total. The fourth-order valence-electron chi connectivity index (χ4n) is 7.42. The van der Waals surface area contributed by atoms with Gasteiger partial charge in [-0.15, -0.1) is 0 Å². The first-order valence-corrected chi connectivity index (χ1v) is 15.3. The van der Waals surface area contributed by atoms with Crippen molar-refractivity contribution in [2.75, 3.05) is 23.7 Å². The molecule has 6 aromatic rings. The number of aromatic nitrogens is 1. The van der Waals surface area contributed by atoms with Crippen molar-refractivity contribution < 1.29 is 4.42 Å². The second-order valence-corrected chi connectivity index (χ2v) is 13.9. The molecule has 5 heteroatoms. The lowest BCUT2D eigenvalue weighted by Gasteiger charge is -2.27. The third-order valence-electron chi connectivity index (χ3n) is 9.26. The lowest BCUT2D eigenvalue weighted by Crippen LogP contribution is -2.55. The highest BCUT2D eigenvalue weighted by Crippen LogP contribution is 2.45. The van der Waals surface area contributed by atoms with E-state index in [1.807, 2.05) is 6.20 Å². The maximum absolute atomic E-state index is 6.73. The Labute approximate surface area is 255 Å². The second kappa shape index (κ2) is 9.64. The Kier molecular flexibility index (Phi) is 6.18. The number of aryl methyl sites for hydroxylation is 4. The van der Waals surface area contributed by atoms with E-state index in [0.29, 0.717) is 0 Å². The third kappa shape index (κ3) is 4.40. The molecule has 1 aliphatic heterocycles. The van der Waals surface area contributed by atoms with Crippen LogP contribution in [-0.4, -0.2) is 26.1 Å². The van der Waals surface area contributed by atoms with Crippen LogP contribution in [0.5, 0.6) is 0 Å². The molecule has 0 fully saturated rings. The quantitative estimate of drug-likeness (QED) is 0.201. The van der Waals surface area contributed by atoms with E-state index in [2.05, 4.69) is 133 Å². The van der Waals surface area contributed by atoms with Crippen LogP contribution in [0.1, 0.15) is 48.6 Å². The number of rotatable bonds is 3. The summed E-state index contributed by atoms with van der Waals surface area (Å²) in [6.07, 6.45) is 3.02. The van der Waals surface area contributed by atoms with Gasteiger partial charge < -0.3 is 14.0 Å². The molecular weight excluding hydrogens is 525 g/mol. The summed E-state index contributed by atoms with van der Waals surface area (Å²) in [7, 11) is 4.44. The van der Waals surface area contributed by atoms with Crippen LogP contribution in [0.15, 0.2) is 71.3 Å². The number of furan rings is 1. The zero-order chi connectivity index (χ0) is 30.4. The molecule has 0 aliphatic carbocycles. The summed E-state index contributed by atoms with van der Waals surface area (Å²) in [5, 5.41) is 4.70. The highest BCUT2D eigenvalue weighted by atomic mass is 16.3. The maximum Gasteiger partial charge on any atom is 0.411 e. The van der Waals surface area contributed by atoms with Gasteiger partial charge in [-0.2, -0.15) is 0 Å². The van der Waals surface area contributed by atoms with Gasteiger partial charge in [0.2, 0.25) is 0 Å². The van der Waals surface area contributed by atoms with Crippen molar-refractivity contribution in [2.24, 2.45) is 5.41 Å². The number of nitrogens with zero attached hydrogens (tertiary/aromatic N) is 3. The van der Waals surface area contributed by atoms with Gasteiger partial charge >= 0.3 is 6.98 Å². The molecule has 0 amide bonds. The molecule has 2 aromatic heterocycles. The van der Waals surface area contributed by atoms with Crippen molar-refractivity contribution >= 4 is 56.5 Å². The molecule has 0 radical (unpaired) electrons. The van der Waals surface area contributed by atoms with E-state index < -0.39 is 0 Å². The number of fused-ring (bicyclic) bond motifs is 6. The first-order chi connectivity index (χ1) is 20.4. The average molecular weight is 566 g/mol. The van der Waals surface area contributed by atoms with Crippen molar-refractivity contribution in [3.8, 4) is 11.3 Å². The molecule has 0 spiro atoms. The number of anilines is 2. The van der Waals surface area contributed by atoms with Crippen molar-refractivity contribution in [2.45, 2.75) is 54.9 Å². The van der Waals surface area contributed by atoms with Crippen LogP contribution >= 0.6 is 0 Å². The minimum atomic E-state index is 0.133. The predicted octanol–water partition coefficient (Wildman–Crippen LogP) is 8.90. The zero-order valence-corrected chi connectivity index (χ0v) is 26.9. The number of pyridine rings is 1. The van der Waals surface area contributed by atoms with E-state index in [9.17, 15) is 0 Å². The summed E-state index contributed by atoms with van der Waals surface area (Å²) in [6.45, 7) is 15.8. The summed E-state index contributed by atoms with van der Waals surface area (Å²) in [5.41, 5.74) is 14.4. The number of para-hydroxylation sites is 1. The van der Waals surface area contributed by atoms with Gasteiger partial charge in [-0.3, -0.25) is 4.98 Å². The summed E-state index contributed by atoms with van der Waals surface area (Å²) in [5.74, 6) is 0. The van der Waals surface area contributed by atoms with Crippen molar-refractivity contribution in [1.82, 2.24) is 4.98 Å². The minimum Gasteiger partial charge on any atom is -0.455 e. The molecule has 0 unspecified atom stereocenters. The predicted molar refractivity (Wildman–Crippen MR) is 185 cm³/mol. The van der Waals surface area contributed by atoms with Gasteiger partial charge in [0.25, 0.3) is 0 Å². The maximum atomic E-state index is 6.73. The summed E-state index contributed by atoms with van der Waals surface area (Å²) in [4.78, 5) is 9.72. The molecule has 0 saturated carbocycles. The smallest absolute Gasteiger partial charge is 0.411 e. The fourth-order valence-corrected chi connectivity index (χ4v) is 7.42. The van der Waals surface area contributed by atoms with E-state index in [1.54, 1.807) is 0 Å². The minimum absolute atomic E-state index is 0.133. The van der Waals surface area contributed by atoms with E-state index in [0.717, 1.165) is 39.6 Å². The first kappa shape index (κ1) is 27.6. The van der Waals surface area contributed by atoms with Crippen molar-refractivity contribution in [3.05, 3.63) is 94.7 Å². The molecule has 216 valence electrons. The number of hydrogen-bond acceptors (Lipinski definition) is 4. The Hall–Kier alpha value is -4.25. The van der Waals surface area contributed by atoms with Crippen LogP contribution in [0.3, 0.4) is 0 Å². The lowest BCUT2D eigenvalue weighted by molar-refractivity contribution is 0.410. The van der Waals surface area contributed by atoms with Crippen LogP contribution in [0.4, 0.5) is 11.4 Å². The molecule has 4 aromatic carbocycles. The molecule has 43 heavy (non-hydrogen) atoms. The number of hydrogen-bond donors (Lipinski definition) is 0. The summed E-state index contributed by atoms with van der Waals surface area (Å²) in [6, 6.07) is 22.4. The van der Waals surface area contributed by atoms with Crippen molar-refractivity contribution in [1.29, 1.82) is 0 Å². The van der Waals surface area contributed by atoms with Gasteiger partial charge in [0.15, 0.2) is 0 Å². The van der Waals surface area contributed by atoms with E-state index in [1.165, 1.54) is 55.4 Å². The molecular formula is C38H40BN3O. The Morgan fingerprint density at radius 3 is 2.26 bits per heavy atom. The molecule has 3 heterocycles. The lowest BCUT2D eigenvalue weighted by atomic mass is 9.62. The van der Waals surface area contributed by atoms with E-state index >= 15 is 0 Å². The Balaban J connectivity index is 1.39. The topological polar surface area (TPSA) is 32.5 Å². The summed E-state index contributed by atoms with van der Waals surface area (Å²) < 4.78 is 6.73. The highest BCUT2D eigenvalue weighted by molar-refractivity contribution is 6.83. The normalized spacial score (nSPS) is 13.7. The highest BCUT2D eigenvalue weighted by Gasteiger charge is 2.40. The Morgan fingerprint density at radius 1 is 0.791 bits per heavy atom. The Bertz CT molecular complexity index is 2060. The van der Waals surface area contributed by atoms with Crippen molar-refractivity contribution in [3.63, 3.8) is 0 Å². The molecule has 4 nitrogen and oxygen atoms in total. The molecule has 1 aliphatic rings. The van der Waals surface area contributed by atoms with Crippen LogP contribution in [-0.2, 0) is 6.42 Å². The molecule has 0 saturated heterocycles. The van der Waals surface area contributed by atoms with E-state index in [4.69, 9.17) is 9.40 Å². The van der Waals surface area contributed by atoms with Crippen LogP contribution in [0.25, 0.3) is 44.0 Å². The van der Waals surface area contributed by atoms with Crippen LogP contribution in [0, 0.1) is 33.1 Å². The monoisotopic (exact) mass is 565 g/mol. The van der Waals surface area contributed by atoms with Gasteiger partial charge in [-0.25, -0.2) is 0 Å². The summed E-state index contributed by atoms with van der Waals surface area (Å²) >= 11 is 0. The second-order valence-electron chi connectivity index (χ2n) is 13.9. The first-order valence-electron chi connectivity index (χ1n) is 15.3. The standard InChI is InChI=1S/C38H40BN3O/c1-22-15-23(2)35(24(3)16-22)39-41(8)33-14-13-26-17-31-28-11-10-12-29(32-18-27(20-38(5,6)7)25(4)21-40-32)37(28)43-34(31)19-30(26)36(33)42(39)9/h10-19,21H,20H2,1-9H3. The molecule has 0 bridgehead atoms. The van der Waals surface area contributed by atoms with Crippen LogP contribution in [0.2, 0.25) is 0 Å². The third-order valence-corrected chi connectivity index (χ3v) is 9.26.